The molecule has 0 aromatic carbocycles. The molecule has 4 N–H and O–H groups in total. The molecule has 0 rings (SSSR count). The normalized spacial score (nSPS) is 11.6. The standard InChI is InChI=1S/C14H23N3O4/c1-14(2,10-18)17-9-11(8-15)13(21)16-7-5-3-4-6-12(19)20/h9,17-18H,3-7,10H2,1-2H3,(H,16,21)(H,19,20)/b11-9-. The SMILES string of the molecule is CC(C)(CO)N/C=C(/C#N)C(=O)NCCCCCC(=O)O. The van der Waals surface area contributed by atoms with Crippen molar-refractivity contribution >= 4 is 11.9 Å². The van der Waals surface area contributed by atoms with E-state index < -0.39 is 17.4 Å². The first-order valence-electron chi connectivity index (χ1n) is 6.81. The number of amides is 1. The van der Waals surface area contributed by atoms with Gasteiger partial charge >= 0.3 is 5.97 Å². The fraction of sp³-hybridized carbons (Fsp3) is 0.643. The van der Waals surface area contributed by atoms with Crippen LogP contribution < -0.4 is 10.6 Å². The van der Waals surface area contributed by atoms with Crippen LogP contribution in [0.1, 0.15) is 39.5 Å². The maximum Gasteiger partial charge on any atom is 0.303 e. The Labute approximate surface area is 124 Å². The molecule has 0 atom stereocenters. The summed E-state index contributed by atoms with van der Waals surface area (Å²) in [5, 5.41) is 31.9. The summed E-state index contributed by atoms with van der Waals surface area (Å²) in [6.45, 7) is 3.73. The Bertz CT molecular complexity index is 424. The van der Waals surface area contributed by atoms with E-state index >= 15 is 0 Å². The first-order valence-corrected chi connectivity index (χ1v) is 6.81. The van der Waals surface area contributed by atoms with Crippen LogP contribution in [-0.2, 0) is 9.59 Å². The Balaban J connectivity index is 4.09. The average Bonchev–Trinajstić information content (AvgIpc) is 2.43. The van der Waals surface area contributed by atoms with Crippen LogP contribution in [0.5, 0.6) is 0 Å². The Morgan fingerprint density at radius 2 is 1.95 bits per heavy atom. The lowest BCUT2D eigenvalue weighted by Crippen LogP contribution is -2.40. The van der Waals surface area contributed by atoms with Crippen molar-refractivity contribution in [2.24, 2.45) is 0 Å². The van der Waals surface area contributed by atoms with Gasteiger partial charge in [0.1, 0.15) is 11.6 Å². The number of hydrogen-bond donors (Lipinski definition) is 4. The van der Waals surface area contributed by atoms with E-state index in [1.165, 1.54) is 6.20 Å². The van der Waals surface area contributed by atoms with Crippen LogP contribution in [0.15, 0.2) is 11.8 Å². The molecule has 0 bridgehead atoms. The van der Waals surface area contributed by atoms with Crippen LogP contribution in [0.2, 0.25) is 0 Å². The number of nitrogens with one attached hydrogen (secondary N) is 2. The molecule has 1 amide bonds. The van der Waals surface area contributed by atoms with Crippen LogP contribution in [0.25, 0.3) is 0 Å². The number of hydrogen-bond acceptors (Lipinski definition) is 5. The number of carbonyl (C=O) groups is 2. The summed E-state index contributed by atoms with van der Waals surface area (Å²) in [5.74, 6) is -1.32. The highest BCUT2D eigenvalue weighted by atomic mass is 16.4. The van der Waals surface area contributed by atoms with E-state index in [9.17, 15) is 9.59 Å². The zero-order valence-corrected chi connectivity index (χ0v) is 12.5. The zero-order chi connectivity index (χ0) is 16.3. The molecule has 0 saturated heterocycles. The van der Waals surface area contributed by atoms with Gasteiger partial charge in [0, 0.05) is 19.2 Å². The van der Waals surface area contributed by atoms with Crippen molar-refractivity contribution < 1.29 is 19.8 Å². The predicted octanol–water partition coefficient (Wildman–Crippen LogP) is 0.516. The summed E-state index contributed by atoms with van der Waals surface area (Å²) in [5.41, 5.74) is -0.679. The Hall–Kier alpha value is -2.07. The summed E-state index contributed by atoms with van der Waals surface area (Å²) < 4.78 is 0. The average molecular weight is 297 g/mol. The molecule has 0 aromatic rings. The van der Waals surface area contributed by atoms with Crippen molar-refractivity contribution in [2.45, 2.75) is 45.1 Å². The molecule has 0 saturated carbocycles. The third-order valence-corrected chi connectivity index (χ3v) is 2.72. The maximum atomic E-state index is 11.7. The second-order valence-electron chi connectivity index (χ2n) is 5.32. The number of aliphatic hydroxyl groups is 1. The number of rotatable bonds is 10. The van der Waals surface area contributed by atoms with E-state index in [1.54, 1.807) is 19.9 Å². The lowest BCUT2D eigenvalue weighted by molar-refractivity contribution is -0.137. The summed E-state index contributed by atoms with van der Waals surface area (Å²) in [6, 6.07) is 1.79. The summed E-state index contributed by atoms with van der Waals surface area (Å²) >= 11 is 0. The number of aliphatic hydroxyl groups excluding tert-OH is 1. The molecule has 0 heterocycles. The van der Waals surface area contributed by atoms with Crippen molar-refractivity contribution in [3.8, 4) is 6.07 Å². The van der Waals surface area contributed by atoms with Gasteiger partial charge in [0.15, 0.2) is 0 Å². The number of nitriles is 1. The third-order valence-electron chi connectivity index (χ3n) is 2.72. The van der Waals surface area contributed by atoms with Gasteiger partial charge in [-0.3, -0.25) is 9.59 Å². The van der Waals surface area contributed by atoms with Crippen LogP contribution in [-0.4, -0.2) is 40.8 Å². The van der Waals surface area contributed by atoms with E-state index in [0.717, 1.165) is 0 Å². The minimum atomic E-state index is -0.827. The van der Waals surface area contributed by atoms with Gasteiger partial charge in [0.25, 0.3) is 5.91 Å². The monoisotopic (exact) mass is 297 g/mol. The predicted molar refractivity (Wildman–Crippen MR) is 77.1 cm³/mol. The van der Waals surface area contributed by atoms with Crippen LogP contribution in [0.3, 0.4) is 0 Å². The Morgan fingerprint density at radius 3 is 2.48 bits per heavy atom. The molecule has 0 fully saturated rings. The smallest absolute Gasteiger partial charge is 0.303 e. The van der Waals surface area contributed by atoms with E-state index in [1.807, 2.05) is 0 Å². The van der Waals surface area contributed by atoms with Gasteiger partial charge in [-0.25, -0.2) is 0 Å². The molecule has 7 heteroatoms. The topological polar surface area (TPSA) is 122 Å². The second kappa shape index (κ2) is 9.77. The lowest BCUT2D eigenvalue weighted by atomic mass is 10.1. The molecular weight excluding hydrogens is 274 g/mol. The first kappa shape index (κ1) is 18.9. The van der Waals surface area contributed by atoms with Crippen LogP contribution in [0, 0.1) is 11.3 Å². The molecule has 7 nitrogen and oxygen atoms in total. The third kappa shape index (κ3) is 9.46. The van der Waals surface area contributed by atoms with E-state index in [-0.39, 0.29) is 18.6 Å². The maximum absolute atomic E-state index is 11.7. The van der Waals surface area contributed by atoms with Crippen molar-refractivity contribution in [1.82, 2.24) is 10.6 Å². The molecule has 118 valence electrons. The number of carboxylic acid groups (broad SMARTS) is 1. The quantitative estimate of drug-likeness (QED) is 0.265. The molecule has 0 spiro atoms. The number of nitrogens with zero attached hydrogens (tertiary/aromatic N) is 1. The van der Waals surface area contributed by atoms with Gasteiger partial charge in [-0.15, -0.1) is 0 Å². The van der Waals surface area contributed by atoms with E-state index in [2.05, 4.69) is 10.6 Å². The van der Waals surface area contributed by atoms with Crippen LogP contribution in [0.4, 0.5) is 0 Å². The lowest BCUT2D eigenvalue weighted by Gasteiger charge is -2.22. The molecule has 0 aromatic heterocycles. The molecular formula is C14H23N3O4. The van der Waals surface area contributed by atoms with Gasteiger partial charge in [0.05, 0.1) is 12.1 Å². The number of carboxylic acids is 1. The Morgan fingerprint density at radius 1 is 1.29 bits per heavy atom. The van der Waals surface area contributed by atoms with Gasteiger partial charge < -0.3 is 20.8 Å². The van der Waals surface area contributed by atoms with E-state index in [4.69, 9.17) is 15.5 Å². The summed E-state index contributed by atoms with van der Waals surface area (Å²) in [6.07, 6.45) is 3.34. The van der Waals surface area contributed by atoms with Gasteiger partial charge in [0.2, 0.25) is 0 Å². The summed E-state index contributed by atoms with van der Waals surface area (Å²) in [4.78, 5) is 22.0. The Kier molecular flexibility index (Phi) is 8.81. The minimum absolute atomic E-state index is 0.0675. The highest BCUT2D eigenvalue weighted by Crippen LogP contribution is 2.02. The second-order valence-corrected chi connectivity index (χ2v) is 5.32. The van der Waals surface area contributed by atoms with Gasteiger partial charge in [-0.05, 0) is 26.7 Å². The number of aliphatic carboxylic acids is 1. The van der Waals surface area contributed by atoms with Crippen molar-refractivity contribution in [2.75, 3.05) is 13.2 Å². The summed E-state index contributed by atoms with van der Waals surface area (Å²) in [7, 11) is 0. The molecule has 0 aliphatic heterocycles. The fourth-order valence-electron chi connectivity index (χ4n) is 1.34. The number of carbonyl (C=O) groups excluding carboxylic acids is 1. The minimum Gasteiger partial charge on any atom is -0.481 e. The van der Waals surface area contributed by atoms with E-state index in [0.29, 0.717) is 25.8 Å². The van der Waals surface area contributed by atoms with Crippen molar-refractivity contribution in [3.05, 3.63) is 11.8 Å². The van der Waals surface area contributed by atoms with Crippen LogP contribution >= 0.6 is 0 Å². The largest absolute Gasteiger partial charge is 0.481 e. The first-order chi connectivity index (χ1) is 9.82. The van der Waals surface area contributed by atoms with Gasteiger partial charge in [-0.2, -0.15) is 5.26 Å². The highest BCUT2D eigenvalue weighted by Gasteiger charge is 2.15. The number of unbranched alkanes of at least 4 members (excludes halogenated alkanes) is 2. The molecule has 0 unspecified atom stereocenters. The molecule has 0 aliphatic rings. The van der Waals surface area contributed by atoms with Gasteiger partial charge in [-0.1, -0.05) is 6.42 Å². The molecule has 21 heavy (non-hydrogen) atoms. The van der Waals surface area contributed by atoms with Crippen molar-refractivity contribution in [3.63, 3.8) is 0 Å². The zero-order valence-electron chi connectivity index (χ0n) is 12.5. The van der Waals surface area contributed by atoms with Crippen molar-refractivity contribution in [1.29, 1.82) is 5.26 Å². The molecule has 0 aliphatic carbocycles. The highest BCUT2D eigenvalue weighted by molar-refractivity contribution is 5.97. The fourth-order valence-corrected chi connectivity index (χ4v) is 1.34. The molecule has 0 radical (unpaired) electrons.